The number of nitrogens with one attached hydrogen (secondary N) is 1. The lowest BCUT2D eigenvalue weighted by Gasteiger charge is -2.07. The Labute approximate surface area is 133 Å². The van der Waals surface area contributed by atoms with E-state index in [9.17, 15) is 0 Å². The van der Waals surface area contributed by atoms with Crippen LogP contribution >= 0.6 is 22.9 Å². The number of hydrogen-bond donors (Lipinski definition) is 1. The summed E-state index contributed by atoms with van der Waals surface area (Å²) in [5, 5.41) is 5.29. The number of rotatable bonds is 5. The molecule has 0 amide bonds. The van der Waals surface area contributed by atoms with Crippen molar-refractivity contribution in [2.45, 2.75) is 19.9 Å². The summed E-state index contributed by atoms with van der Waals surface area (Å²) < 4.78 is 1.24. The van der Waals surface area contributed by atoms with Crippen molar-refractivity contribution in [3.05, 3.63) is 63.6 Å². The molecule has 0 aliphatic heterocycles. The maximum Gasteiger partial charge on any atom is 0.0982 e. The van der Waals surface area contributed by atoms with Gasteiger partial charge in [0.05, 0.1) is 15.2 Å². The molecule has 4 heteroatoms. The molecule has 0 fully saturated rings. The molecule has 3 rings (SSSR count). The third-order valence-corrected chi connectivity index (χ3v) is 4.77. The van der Waals surface area contributed by atoms with Gasteiger partial charge in [-0.1, -0.05) is 42.8 Å². The molecule has 0 spiro atoms. The van der Waals surface area contributed by atoms with Crippen molar-refractivity contribution in [2.75, 3.05) is 6.54 Å². The van der Waals surface area contributed by atoms with Gasteiger partial charge in [-0.3, -0.25) is 0 Å². The van der Waals surface area contributed by atoms with Crippen LogP contribution in [0.2, 0.25) is 5.02 Å². The first-order chi connectivity index (χ1) is 10.3. The Morgan fingerprint density at radius 1 is 1.19 bits per heavy atom. The second-order valence-electron chi connectivity index (χ2n) is 4.96. The lowest BCUT2D eigenvalue weighted by molar-refractivity contribution is 0.726. The Balaban J connectivity index is 1.83. The monoisotopic (exact) mass is 316 g/mol. The summed E-state index contributed by atoms with van der Waals surface area (Å²) in [5.41, 5.74) is 3.49. The molecule has 1 aromatic heterocycles. The smallest absolute Gasteiger partial charge is 0.0982 e. The van der Waals surface area contributed by atoms with E-state index in [-0.39, 0.29) is 0 Å². The van der Waals surface area contributed by atoms with Crippen molar-refractivity contribution in [1.82, 2.24) is 10.3 Å². The normalized spacial score (nSPS) is 11.1. The predicted molar refractivity (Wildman–Crippen MR) is 91.3 cm³/mol. The first-order valence-electron chi connectivity index (χ1n) is 7.08. The summed E-state index contributed by atoms with van der Waals surface area (Å²) in [6, 6.07) is 14.5. The van der Waals surface area contributed by atoms with Gasteiger partial charge in [-0.25, -0.2) is 4.98 Å². The fourth-order valence-electron chi connectivity index (χ4n) is 2.30. The first-order valence-corrected chi connectivity index (χ1v) is 8.28. The van der Waals surface area contributed by atoms with Gasteiger partial charge in [-0.2, -0.15) is 0 Å². The molecule has 3 aromatic rings. The van der Waals surface area contributed by atoms with E-state index in [4.69, 9.17) is 16.6 Å². The quantitative estimate of drug-likeness (QED) is 0.741. The molecule has 108 valence electrons. The molecule has 0 unspecified atom stereocenters. The topological polar surface area (TPSA) is 24.9 Å². The van der Waals surface area contributed by atoms with Crippen LogP contribution in [0.5, 0.6) is 0 Å². The zero-order chi connectivity index (χ0) is 14.7. The van der Waals surface area contributed by atoms with E-state index in [1.165, 1.54) is 10.3 Å². The van der Waals surface area contributed by atoms with E-state index in [0.717, 1.165) is 40.6 Å². The minimum Gasteiger partial charge on any atom is -0.313 e. The average molecular weight is 317 g/mol. The largest absolute Gasteiger partial charge is 0.313 e. The molecule has 0 bridgehead atoms. The van der Waals surface area contributed by atoms with Gasteiger partial charge in [0.15, 0.2) is 0 Å². The average Bonchev–Trinajstić information content (AvgIpc) is 2.90. The van der Waals surface area contributed by atoms with Crippen LogP contribution in [-0.4, -0.2) is 11.5 Å². The molecule has 0 saturated carbocycles. The van der Waals surface area contributed by atoms with Crippen LogP contribution in [0.15, 0.2) is 42.5 Å². The third-order valence-electron chi connectivity index (χ3n) is 3.37. The maximum atomic E-state index is 6.25. The van der Waals surface area contributed by atoms with E-state index in [2.05, 4.69) is 42.6 Å². The van der Waals surface area contributed by atoms with E-state index in [1.54, 1.807) is 11.3 Å². The van der Waals surface area contributed by atoms with E-state index in [1.807, 2.05) is 12.1 Å². The predicted octanol–water partition coefficient (Wildman–Crippen LogP) is 4.65. The van der Waals surface area contributed by atoms with Gasteiger partial charge in [-0.05, 0) is 35.9 Å². The number of hydrogen-bond acceptors (Lipinski definition) is 3. The van der Waals surface area contributed by atoms with Crippen LogP contribution in [0.25, 0.3) is 10.2 Å². The summed E-state index contributed by atoms with van der Waals surface area (Å²) in [6.45, 7) is 3.85. The zero-order valence-corrected chi connectivity index (χ0v) is 13.5. The Morgan fingerprint density at radius 3 is 2.86 bits per heavy atom. The highest BCUT2D eigenvalue weighted by molar-refractivity contribution is 7.18. The van der Waals surface area contributed by atoms with E-state index >= 15 is 0 Å². The molecule has 1 heterocycles. The Hall–Kier alpha value is -1.42. The SMILES string of the molecule is CCNCc1cc(Cc2nc3ccccc3s2)ccc1Cl. The molecule has 2 aromatic carbocycles. The molecule has 0 aliphatic rings. The lowest BCUT2D eigenvalue weighted by atomic mass is 10.1. The van der Waals surface area contributed by atoms with Crippen LogP contribution in [0.1, 0.15) is 23.1 Å². The van der Waals surface area contributed by atoms with Crippen LogP contribution in [0, 0.1) is 0 Å². The number of para-hydroxylation sites is 1. The van der Waals surface area contributed by atoms with Gasteiger partial charge >= 0.3 is 0 Å². The summed E-state index contributed by atoms with van der Waals surface area (Å²) in [5.74, 6) is 0. The molecule has 1 N–H and O–H groups in total. The zero-order valence-electron chi connectivity index (χ0n) is 11.9. The van der Waals surface area contributed by atoms with E-state index in [0.29, 0.717) is 0 Å². The van der Waals surface area contributed by atoms with E-state index < -0.39 is 0 Å². The number of halogens is 1. The van der Waals surface area contributed by atoms with Crippen LogP contribution in [0.3, 0.4) is 0 Å². The molecule has 2 nitrogen and oxygen atoms in total. The number of fused-ring (bicyclic) bond motifs is 1. The highest BCUT2D eigenvalue weighted by atomic mass is 35.5. The summed E-state index contributed by atoms with van der Waals surface area (Å²) in [7, 11) is 0. The van der Waals surface area contributed by atoms with Gasteiger partial charge in [0, 0.05) is 18.0 Å². The number of aromatic nitrogens is 1. The number of thiazole rings is 1. The van der Waals surface area contributed by atoms with Gasteiger partial charge in [0.25, 0.3) is 0 Å². The van der Waals surface area contributed by atoms with Crippen LogP contribution < -0.4 is 5.32 Å². The van der Waals surface area contributed by atoms with Gasteiger partial charge < -0.3 is 5.32 Å². The minimum absolute atomic E-state index is 0.809. The Morgan fingerprint density at radius 2 is 2.05 bits per heavy atom. The Bertz CT molecular complexity index is 718. The second kappa shape index (κ2) is 6.56. The van der Waals surface area contributed by atoms with Crippen molar-refractivity contribution >= 4 is 33.2 Å². The van der Waals surface area contributed by atoms with Crippen molar-refractivity contribution < 1.29 is 0 Å². The van der Waals surface area contributed by atoms with Crippen molar-refractivity contribution in [2.24, 2.45) is 0 Å². The fourth-order valence-corrected chi connectivity index (χ4v) is 3.49. The van der Waals surface area contributed by atoms with Crippen molar-refractivity contribution in [3.8, 4) is 0 Å². The summed E-state index contributed by atoms with van der Waals surface area (Å²) in [4.78, 5) is 4.69. The lowest BCUT2D eigenvalue weighted by Crippen LogP contribution is -2.12. The van der Waals surface area contributed by atoms with Gasteiger partial charge in [0.2, 0.25) is 0 Å². The second-order valence-corrected chi connectivity index (χ2v) is 6.48. The standard InChI is InChI=1S/C17H17ClN2S/c1-2-19-11-13-9-12(7-8-14(13)18)10-17-20-15-5-3-4-6-16(15)21-17/h3-9,19H,2,10-11H2,1H3. The highest BCUT2D eigenvalue weighted by Gasteiger charge is 2.06. The molecule has 21 heavy (non-hydrogen) atoms. The summed E-state index contributed by atoms with van der Waals surface area (Å²) >= 11 is 8.01. The Kier molecular flexibility index (Phi) is 4.54. The fraction of sp³-hybridized carbons (Fsp3) is 0.235. The molecular formula is C17H17ClN2S. The van der Waals surface area contributed by atoms with Crippen LogP contribution in [0.4, 0.5) is 0 Å². The van der Waals surface area contributed by atoms with Crippen LogP contribution in [-0.2, 0) is 13.0 Å². The third kappa shape index (κ3) is 3.43. The molecule has 0 saturated heterocycles. The highest BCUT2D eigenvalue weighted by Crippen LogP contribution is 2.25. The van der Waals surface area contributed by atoms with Gasteiger partial charge in [0.1, 0.15) is 0 Å². The summed E-state index contributed by atoms with van der Waals surface area (Å²) in [6.07, 6.45) is 0.857. The molecular weight excluding hydrogens is 300 g/mol. The first kappa shape index (κ1) is 14.5. The van der Waals surface area contributed by atoms with Gasteiger partial charge in [-0.15, -0.1) is 11.3 Å². The molecule has 0 atom stereocenters. The molecule has 0 aliphatic carbocycles. The number of nitrogens with zero attached hydrogens (tertiary/aromatic N) is 1. The number of benzene rings is 2. The molecule has 0 radical (unpaired) electrons. The van der Waals surface area contributed by atoms with Crippen molar-refractivity contribution in [1.29, 1.82) is 0 Å². The van der Waals surface area contributed by atoms with Crippen molar-refractivity contribution in [3.63, 3.8) is 0 Å². The minimum atomic E-state index is 0.809. The maximum absolute atomic E-state index is 6.25.